The number of morpholine rings is 1. The summed E-state index contributed by atoms with van der Waals surface area (Å²) in [6.45, 7) is 5.17. The predicted molar refractivity (Wildman–Crippen MR) is 77.3 cm³/mol. The van der Waals surface area contributed by atoms with Gasteiger partial charge in [0.25, 0.3) is 0 Å². The first-order valence-electron chi connectivity index (χ1n) is 6.32. The summed E-state index contributed by atoms with van der Waals surface area (Å²) in [4.78, 5) is 14.1. The molecular weight excluding hydrogens is 303 g/mol. The number of carbonyl (C=O) groups is 1. The third kappa shape index (κ3) is 3.50. The molecule has 110 valence electrons. The Kier molecular flexibility index (Phi) is 5.01. The van der Waals surface area contributed by atoms with Crippen molar-refractivity contribution in [2.24, 2.45) is 0 Å². The standard InChI is InChI=1S/C12H16Cl2N4O2/c1-7(2)15-12(19)9-6-20-4-3-18(9)8-5-10(13)16-17-11(8)14/h5,7,9H,3-4,6H2,1-2H3,(H,15,19). The van der Waals surface area contributed by atoms with Gasteiger partial charge in [-0.25, -0.2) is 0 Å². The lowest BCUT2D eigenvalue weighted by Crippen LogP contribution is -2.55. The molecule has 1 N–H and O–H groups in total. The van der Waals surface area contributed by atoms with Crippen molar-refractivity contribution in [2.75, 3.05) is 24.7 Å². The topological polar surface area (TPSA) is 67.3 Å². The SMILES string of the molecule is CC(C)NC(=O)C1COCCN1c1cc(Cl)nnc1Cl. The van der Waals surface area contributed by atoms with E-state index in [1.165, 1.54) is 0 Å². The van der Waals surface area contributed by atoms with Crippen molar-refractivity contribution in [1.29, 1.82) is 0 Å². The van der Waals surface area contributed by atoms with Crippen LogP contribution in [0.2, 0.25) is 10.3 Å². The van der Waals surface area contributed by atoms with Crippen LogP contribution in [0.5, 0.6) is 0 Å². The Morgan fingerprint density at radius 2 is 2.25 bits per heavy atom. The summed E-state index contributed by atoms with van der Waals surface area (Å²) >= 11 is 11.9. The summed E-state index contributed by atoms with van der Waals surface area (Å²) in [5, 5.41) is 10.8. The number of nitrogens with zero attached hydrogens (tertiary/aromatic N) is 3. The molecule has 0 aliphatic carbocycles. The van der Waals surface area contributed by atoms with E-state index in [2.05, 4.69) is 15.5 Å². The van der Waals surface area contributed by atoms with Crippen LogP contribution in [0, 0.1) is 0 Å². The number of halogens is 2. The van der Waals surface area contributed by atoms with Gasteiger partial charge in [-0.2, -0.15) is 0 Å². The zero-order valence-corrected chi connectivity index (χ0v) is 12.8. The third-order valence-electron chi connectivity index (χ3n) is 2.87. The maximum absolute atomic E-state index is 12.2. The zero-order chi connectivity index (χ0) is 14.7. The third-order valence-corrected chi connectivity index (χ3v) is 3.33. The van der Waals surface area contributed by atoms with Gasteiger partial charge in [-0.1, -0.05) is 23.2 Å². The molecule has 1 aliphatic heterocycles. The summed E-state index contributed by atoms with van der Waals surface area (Å²) in [5.74, 6) is -0.108. The fourth-order valence-corrected chi connectivity index (χ4v) is 2.38. The summed E-state index contributed by atoms with van der Waals surface area (Å²) in [7, 11) is 0. The van der Waals surface area contributed by atoms with Crippen molar-refractivity contribution in [3.8, 4) is 0 Å². The van der Waals surface area contributed by atoms with E-state index >= 15 is 0 Å². The molecule has 1 aromatic heterocycles. The molecule has 1 saturated heterocycles. The minimum atomic E-state index is -0.455. The summed E-state index contributed by atoms with van der Waals surface area (Å²) in [6, 6.07) is 1.21. The van der Waals surface area contributed by atoms with Gasteiger partial charge in [0.1, 0.15) is 6.04 Å². The Bertz CT molecular complexity index is 498. The smallest absolute Gasteiger partial charge is 0.245 e. The first-order chi connectivity index (χ1) is 9.49. The van der Waals surface area contributed by atoms with E-state index in [1.54, 1.807) is 6.07 Å². The fraction of sp³-hybridized carbons (Fsp3) is 0.583. The summed E-state index contributed by atoms with van der Waals surface area (Å²) < 4.78 is 5.39. The van der Waals surface area contributed by atoms with Gasteiger partial charge in [-0.15, -0.1) is 10.2 Å². The van der Waals surface area contributed by atoms with E-state index in [4.69, 9.17) is 27.9 Å². The van der Waals surface area contributed by atoms with Crippen molar-refractivity contribution in [1.82, 2.24) is 15.5 Å². The van der Waals surface area contributed by atoms with Crippen molar-refractivity contribution in [2.45, 2.75) is 25.9 Å². The number of rotatable bonds is 3. The highest BCUT2D eigenvalue weighted by Crippen LogP contribution is 2.28. The number of hydrogen-bond donors (Lipinski definition) is 1. The van der Waals surface area contributed by atoms with Crippen molar-refractivity contribution >= 4 is 34.8 Å². The van der Waals surface area contributed by atoms with Crippen LogP contribution < -0.4 is 10.2 Å². The molecule has 1 fully saturated rings. The van der Waals surface area contributed by atoms with Crippen LogP contribution in [0.15, 0.2) is 6.07 Å². The van der Waals surface area contributed by atoms with Crippen LogP contribution >= 0.6 is 23.2 Å². The van der Waals surface area contributed by atoms with E-state index in [0.29, 0.717) is 25.4 Å². The van der Waals surface area contributed by atoms with Gasteiger partial charge in [-0.3, -0.25) is 4.79 Å². The largest absolute Gasteiger partial charge is 0.377 e. The number of aromatic nitrogens is 2. The molecule has 0 aromatic carbocycles. The van der Waals surface area contributed by atoms with Gasteiger partial charge in [0, 0.05) is 18.7 Å². The number of hydrogen-bond acceptors (Lipinski definition) is 5. The van der Waals surface area contributed by atoms with Crippen LogP contribution in [0.25, 0.3) is 0 Å². The maximum Gasteiger partial charge on any atom is 0.245 e. The molecule has 1 atom stereocenters. The fourth-order valence-electron chi connectivity index (χ4n) is 2.04. The first kappa shape index (κ1) is 15.3. The monoisotopic (exact) mass is 318 g/mol. The average Bonchev–Trinajstić information content (AvgIpc) is 2.41. The van der Waals surface area contributed by atoms with E-state index in [-0.39, 0.29) is 22.3 Å². The van der Waals surface area contributed by atoms with Crippen LogP contribution in [-0.2, 0) is 9.53 Å². The van der Waals surface area contributed by atoms with E-state index in [0.717, 1.165) is 0 Å². The van der Waals surface area contributed by atoms with E-state index in [1.807, 2.05) is 18.7 Å². The molecule has 20 heavy (non-hydrogen) atoms. The normalized spacial score (nSPS) is 19.2. The maximum atomic E-state index is 12.2. The molecular formula is C12H16Cl2N4O2. The Hall–Kier alpha value is -1.11. The zero-order valence-electron chi connectivity index (χ0n) is 11.3. The lowest BCUT2D eigenvalue weighted by atomic mass is 10.2. The Morgan fingerprint density at radius 3 is 2.95 bits per heavy atom. The van der Waals surface area contributed by atoms with Crippen molar-refractivity contribution in [3.63, 3.8) is 0 Å². The number of anilines is 1. The van der Waals surface area contributed by atoms with Crippen LogP contribution in [0.4, 0.5) is 5.69 Å². The minimum absolute atomic E-state index is 0.0564. The number of nitrogens with one attached hydrogen (secondary N) is 1. The average molecular weight is 319 g/mol. The molecule has 6 nitrogen and oxygen atoms in total. The minimum Gasteiger partial charge on any atom is -0.377 e. The molecule has 1 aromatic rings. The summed E-state index contributed by atoms with van der Waals surface area (Å²) in [6.07, 6.45) is 0. The lowest BCUT2D eigenvalue weighted by molar-refractivity contribution is -0.125. The molecule has 8 heteroatoms. The van der Waals surface area contributed by atoms with Crippen molar-refractivity contribution < 1.29 is 9.53 Å². The highest BCUT2D eigenvalue weighted by molar-refractivity contribution is 6.33. The first-order valence-corrected chi connectivity index (χ1v) is 7.08. The number of ether oxygens (including phenoxy) is 1. The highest BCUT2D eigenvalue weighted by atomic mass is 35.5. The van der Waals surface area contributed by atoms with Crippen molar-refractivity contribution in [3.05, 3.63) is 16.4 Å². The van der Waals surface area contributed by atoms with E-state index in [9.17, 15) is 4.79 Å². The quantitative estimate of drug-likeness (QED) is 0.915. The summed E-state index contributed by atoms with van der Waals surface area (Å²) in [5.41, 5.74) is 0.596. The molecule has 2 rings (SSSR count). The van der Waals surface area contributed by atoms with Crippen LogP contribution in [0.1, 0.15) is 13.8 Å². The lowest BCUT2D eigenvalue weighted by Gasteiger charge is -2.36. The molecule has 0 bridgehead atoms. The number of amides is 1. The second-order valence-corrected chi connectivity index (χ2v) is 5.54. The van der Waals surface area contributed by atoms with Gasteiger partial charge in [0.15, 0.2) is 10.3 Å². The molecule has 0 spiro atoms. The molecule has 1 unspecified atom stereocenters. The second kappa shape index (κ2) is 6.56. The molecule has 1 aliphatic rings. The second-order valence-electron chi connectivity index (χ2n) is 4.79. The molecule has 0 saturated carbocycles. The van der Waals surface area contributed by atoms with E-state index < -0.39 is 6.04 Å². The number of carbonyl (C=O) groups excluding carboxylic acids is 1. The highest BCUT2D eigenvalue weighted by Gasteiger charge is 2.31. The van der Waals surface area contributed by atoms with Gasteiger partial charge < -0.3 is 15.0 Å². The van der Waals surface area contributed by atoms with Gasteiger partial charge in [-0.05, 0) is 13.8 Å². The van der Waals surface area contributed by atoms with Gasteiger partial charge >= 0.3 is 0 Å². The molecule has 1 amide bonds. The van der Waals surface area contributed by atoms with Crippen LogP contribution in [-0.4, -0.2) is 47.9 Å². The van der Waals surface area contributed by atoms with Gasteiger partial charge in [0.2, 0.25) is 5.91 Å². The Morgan fingerprint density at radius 1 is 1.50 bits per heavy atom. The Labute approximate surface area is 127 Å². The molecule has 2 heterocycles. The van der Waals surface area contributed by atoms with Gasteiger partial charge in [0.05, 0.1) is 18.9 Å². The van der Waals surface area contributed by atoms with Crippen LogP contribution in [0.3, 0.4) is 0 Å². The Balaban J connectivity index is 2.26. The predicted octanol–water partition coefficient (Wildman–Crippen LogP) is 1.51. The molecule has 0 radical (unpaired) electrons.